The van der Waals surface area contributed by atoms with Gasteiger partial charge in [-0.25, -0.2) is 4.98 Å². The molecule has 10 heteroatoms. The lowest BCUT2D eigenvalue weighted by Crippen LogP contribution is -2.44. The molecule has 0 aliphatic carbocycles. The average molecular weight is 561 g/mol. The number of hydrogen-bond donors (Lipinski definition) is 2. The van der Waals surface area contributed by atoms with Gasteiger partial charge in [-0.1, -0.05) is 25.1 Å². The number of aliphatic imine (C=N–C) groups is 1. The number of alkyl halides is 2. The highest BCUT2D eigenvalue weighted by Gasteiger charge is 2.26. The van der Waals surface area contributed by atoms with Crippen molar-refractivity contribution < 1.29 is 18.3 Å². The van der Waals surface area contributed by atoms with E-state index in [9.17, 15) is 8.78 Å². The minimum Gasteiger partial charge on any atom is -0.478 e. The van der Waals surface area contributed by atoms with E-state index in [-0.39, 0.29) is 35.8 Å². The minimum atomic E-state index is -2.84. The third-order valence-corrected chi connectivity index (χ3v) is 4.89. The third kappa shape index (κ3) is 7.64. The summed E-state index contributed by atoms with van der Waals surface area (Å²) >= 11 is 0. The van der Waals surface area contributed by atoms with Crippen LogP contribution in [0.15, 0.2) is 47.6 Å². The fraction of sp³-hybridized carbons (Fsp3) is 0.455. The average Bonchev–Trinajstić information content (AvgIpc) is 3.24. The number of halogens is 3. The first-order valence-electron chi connectivity index (χ1n) is 10.4. The normalized spacial score (nSPS) is 16.0. The molecule has 32 heavy (non-hydrogen) atoms. The number of rotatable bonds is 9. The van der Waals surface area contributed by atoms with Gasteiger partial charge >= 0.3 is 6.61 Å². The summed E-state index contributed by atoms with van der Waals surface area (Å²) < 4.78 is 35.6. The van der Waals surface area contributed by atoms with Crippen LogP contribution in [0.25, 0.3) is 0 Å². The molecule has 0 radical (unpaired) electrons. The molecule has 3 rings (SSSR count). The first kappa shape index (κ1) is 25.9. The molecule has 2 heterocycles. The summed E-state index contributed by atoms with van der Waals surface area (Å²) in [5.74, 6) is 1.49. The zero-order valence-electron chi connectivity index (χ0n) is 18.3. The summed E-state index contributed by atoms with van der Waals surface area (Å²) in [4.78, 5) is 10.6. The summed E-state index contributed by atoms with van der Waals surface area (Å²) in [5.41, 5.74) is 1.68. The Hall–Kier alpha value is -2.37. The topological polar surface area (TPSA) is 71.0 Å². The molecule has 0 amide bonds. The van der Waals surface area contributed by atoms with Gasteiger partial charge in [0.25, 0.3) is 0 Å². The summed E-state index contributed by atoms with van der Waals surface area (Å²) in [7, 11) is 1.72. The van der Waals surface area contributed by atoms with E-state index in [2.05, 4.69) is 32.3 Å². The van der Waals surface area contributed by atoms with Crippen LogP contribution >= 0.6 is 24.0 Å². The van der Waals surface area contributed by atoms with Gasteiger partial charge in [-0.05, 0) is 30.5 Å². The lowest BCUT2D eigenvalue weighted by Gasteiger charge is -2.22. The predicted octanol–water partition coefficient (Wildman–Crippen LogP) is 4.03. The molecule has 2 aromatic rings. The van der Waals surface area contributed by atoms with Gasteiger partial charge < -0.3 is 25.0 Å². The molecule has 1 aliphatic rings. The van der Waals surface area contributed by atoms with E-state index >= 15 is 0 Å². The number of nitrogens with zero attached hydrogens (tertiary/aromatic N) is 3. The molecule has 1 aliphatic heterocycles. The molecule has 1 aromatic heterocycles. The van der Waals surface area contributed by atoms with E-state index in [1.807, 2.05) is 23.1 Å². The molecule has 1 fully saturated rings. The van der Waals surface area contributed by atoms with Crippen molar-refractivity contribution in [3.8, 4) is 11.6 Å². The second kappa shape index (κ2) is 13.2. The van der Waals surface area contributed by atoms with Gasteiger partial charge in [0, 0.05) is 45.0 Å². The lowest BCUT2D eigenvalue weighted by atomic mass is 10.2. The fourth-order valence-electron chi connectivity index (χ4n) is 3.39. The second-order valence-electron chi connectivity index (χ2n) is 7.20. The molecule has 7 nitrogen and oxygen atoms in total. The monoisotopic (exact) mass is 561 g/mol. The fourth-order valence-corrected chi connectivity index (χ4v) is 3.39. The van der Waals surface area contributed by atoms with Crippen LogP contribution in [0.3, 0.4) is 0 Å². The predicted molar refractivity (Wildman–Crippen MR) is 132 cm³/mol. The van der Waals surface area contributed by atoms with Crippen molar-refractivity contribution >= 4 is 35.6 Å². The first-order valence-corrected chi connectivity index (χ1v) is 10.4. The van der Waals surface area contributed by atoms with E-state index in [0.29, 0.717) is 37.2 Å². The van der Waals surface area contributed by atoms with Gasteiger partial charge in [0.1, 0.15) is 5.75 Å². The van der Waals surface area contributed by atoms with Crippen molar-refractivity contribution in [3.63, 3.8) is 0 Å². The van der Waals surface area contributed by atoms with Gasteiger partial charge in [-0.3, -0.25) is 4.99 Å². The number of para-hydroxylation sites is 2. The Labute approximate surface area is 204 Å². The molecule has 1 aromatic carbocycles. The number of pyridine rings is 1. The van der Waals surface area contributed by atoms with Crippen molar-refractivity contribution in [1.29, 1.82) is 0 Å². The number of nitrogens with one attached hydrogen (secondary N) is 2. The summed E-state index contributed by atoms with van der Waals surface area (Å²) in [5, 5.41) is 6.68. The van der Waals surface area contributed by atoms with E-state index in [4.69, 9.17) is 4.74 Å². The quantitative estimate of drug-likeness (QED) is 0.274. The smallest absolute Gasteiger partial charge is 0.387 e. The maximum absolute atomic E-state index is 12.7. The molecule has 1 unspecified atom stereocenters. The Morgan fingerprint density at radius 3 is 2.78 bits per heavy atom. The first-order chi connectivity index (χ1) is 15.1. The number of aromatic nitrogens is 1. The van der Waals surface area contributed by atoms with E-state index in [0.717, 1.165) is 24.9 Å². The summed E-state index contributed by atoms with van der Waals surface area (Å²) in [6, 6.07) is 10.8. The Morgan fingerprint density at radius 1 is 1.28 bits per heavy atom. The van der Waals surface area contributed by atoms with Crippen LogP contribution in [0.1, 0.15) is 25.3 Å². The molecule has 176 valence electrons. The van der Waals surface area contributed by atoms with Crippen LogP contribution in [0.4, 0.5) is 14.5 Å². The Morgan fingerprint density at radius 2 is 2.09 bits per heavy atom. The van der Waals surface area contributed by atoms with Gasteiger partial charge in [0.05, 0.1) is 12.3 Å². The molecule has 0 bridgehead atoms. The van der Waals surface area contributed by atoms with E-state index in [1.54, 1.807) is 31.4 Å². The van der Waals surface area contributed by atoms with Crippen LogP contribution < -0.4 is 25.0 Å². The summed E-state index contributed by atoms with van der Waals surface area (Å²) in [6.45, 7) is 1.83. The van der Waals surface area contributed by atoms with Crippen LogP contribution in [0.2, 0.25) is 0 Å². The lowest BCUT2D eigenvalue weighted by molar-refractivity contribution is -0.0495. The molecule has 0 spiro atoms. The number of guanidine groups is 1. The second-order valence-corrected chi connectivity index (χ2v) is 7.20. The zero-order valence-corrected chi connectivity index (χ0v) is 20.6. The van der Waals surface area contributed by atoms with Gasteiger partial charge in [-0.2, -0.15) is 8.78 Å². The number of hydrogen-bond acceptors (Lipinski definition) is 5. The van der Waals surface area contributed by atoms with Crippen LogP contribution in [0, 0.1) is 0 Å². The molecular formula is C22H30F2IN5O2. The van der Waals surface area contributed by atoms with Crippen molar-refractivity contribution in [2.75, 3.05) is 31.6 Å². The highest BCUT2D eigenvalue weighted by Crippen LogP contribution is 2.31. The Kier molecular flexibility index (Phi) is 10.7. The Balaban J connectivity index is 0.00000363. The number of ether oxygens (including phenoxy) is 2. The van der Waals surface area contributed by atoms with Crippen molar-refractivity contribution in [2.45, 2.75) is 39.0 Å². The van der Waals surface area contributed by atoms with E-state index < -0.39 is 6.61 Å². The number of benzene rings is 1. The van der Waals surface area contributed by atoms with Gasteiger partial charge in [0.15, 0.2) is 5.96 Å². The van der Waals surface area contributed by atoms with Crippen molar-refractivity contribution in [1.82, 2.24) is 15.6 Å². The molecule has 1 saturated heterocycles. The Bertz CT molecular complexity index is 854. The SMILES string of the molecule is CCCOc1ccc(CNC(=NC)NC2CCN(c3ccccc3OC(F)F)C2)cn1.I. The standard InChI is InChI=1S/C22H29F2N5O2.HI/c1-3-12-30-20-9-8-16(13-26-20)14-27-22(25-2)28-17-10-11-29(15-17)18-6-4-5-7-19(18)31-21(23)24;/h4-9,13,17,21H,3,10-12,14-15H2,1-2H3,(H2,25,27,28);1H. The minimum absolute atomic E-state index is 0. The van der Waals surface area contributed by atoms with Crippen molar-refractivity contribution in [3.05, 3.63) is 48.2 Å². The highest BCUT2D eigenvalue weighted by atomic mass is 127. The largest absolute Gasteiger partial charge is 0.478 e. The maximum Gasteiger partial charge on any atom is 0.387 e. The molecular weight excluding hydrogens is 531 g/mol. The van der Waals surface area contributed by atoms with Crippen LogP contribution in [-0.4, -0.2) is 50.3 Å². The van der Waals surface area contributed by atoms with Gasteiger partial charge in [-0.15, -0.1) is 24.0 Å². The zero-order chi connectivity index (χ0) is 22.1. The van der Waals surface area contributed by atoms with E-state index in [1.165, 1.54) is 0 Å². The third-order valence-electron chi connectivity index (χ3n) is 4.89. The van der Waals surface area contributed by atoms with Crippen LogP contribution in [0.5, 0.6) is 11.6 Å². The maximum atomic E-state index is 12.7. The highest BCUT2D eigenvalue weighted by molar-refractivity contribution is 14.0. The van der Waals surface area contributed by atoms with Crippen molar-refractivity contribution in [2.24, 2.45) is 4.99 Å². The molecule has 0 saturated carbocycles. The summed E-state index contributed by atoms with van der Waals surface area (Å²) in [6.07, 6.45) is 3.58. The van der Waals surface area contributed by atoms with Gasteiger partial charge in [0.2, 0.25) is 5.88 Å². The molecule has 1 atom stereocenters. The molecule has 2 N–H and O–H groups in total. The number of anilines is 1. The van der Waals surface area contributed by atoms with Crippen LogP contribution in [-0.2, 0) is 6.54 Å².